The molecule has 0 aliphatic carbocycles. The Labute approximate surface area is 239 Å². The van der Waals surface area contributed by atoms with Gasteiger partial charge < -0.3 is 25.4 Å². The quantitative estimate of drug-likeness (QED) is 0.491. The number of hydrogen-bond acceptors (Lipinski definition) is 6. The largest absolute Gasteiger partial charge is 0.492 e. The summed E-state index contributed by atoms with van der Waals surface area (Å²) in [7, 11) is -4.12. The van der Waals surface area contributed by atoms with Crippen LogP contribution in [-0.2, 0) is 14.8 Å². The molecule has 0 bridgehead atoms. The number of ether oxygens (including phenoxy) is 1. The van der Waals surface area contributed by atoms with Gasteiger partial charge in [0.05, 0.1) is 12.7 Å². The van der Waals surface area contributed by atoms with Gasteiger partial charge in [0.15, 0.2) is 0 Å². The summed E-state index contributed by atoms with van der Waals surface area (Å²) < 4.78 is 34.7. The Bertz CT molecular complexity index is 1390. The van der Waals surface area contributed by atoms with Crippen molar-refractivity contribution in [3.63, 3.8) is 0 Å². The number of carbonyl (C=O) groups excluding carboxylic acids is 2. The van der Waals surface area contributed by atoms with Crippen molar-refractivity contribution in [1.82, 2.24) is 14.5 Å². The topological polar surface area (TPSA) is 128 Å². The van der Waals surface area contributed by atoms with E-state index in [4.69, 9.17) is 16.3 Å². The number of nitrogens with zero attached hydrogens (tertiary/aromatic N) is 2. The Morgan fingerprint density at radius 2 is 1.93 bits per heavy atom. The molecule has 0 unspecified atom stereocenters. The van der Waals surface area contributed by atoms with Gasteiger partial charge in [-0.1, -0.05) is 37.6 Å². The second-order valence-electron chi connectivity index (χ2n) is 11.1. The van der Waals surface area contributed by atoms with E-state index >= 15 is 0 Å². The monoisotopic (exact) mass is 590 g/mol. The fourth-order valence-electron chi connectivity index (χ4n) is 5.67. The molecule has 3 amide bonds. The molecule has 3 heterocycles. The van der Waals surface area contributed by atoms with Crippen LogP contribution in [0.1, 0.15) is 51.0 Å². The predicted octanol–water partition coefficient (Wildman–Crippen LogP) is 3.55. The van der Waals surface area contributed by atoms with Crippen molar-refractivity contribution in [2.24, 2.45) is 0 Å². The summed E-state index contributed by atoms with van der Waals surface area (Å²) in [6.45, 7) is 4.82. The third-order valence-electron chi connectivity index (χ3n) is 8.07. The van der Waals surface area contributed by atoms with E-state index in [-0.39, 0.29) is 42.2 Å². The Hall–Kier alpha value is -2.86. The van der Waals surface area contributed by atoms with Gasteiger partial charge in [-0.2, -0.15) is 4.31 Å². The highest BCUT2D eigenvalue weighted by molar-refractivity contribution is 7.89. The van der Waals surface area contributed by atoms with Gasteiger partial charge in [0.1, 0.15) is 16.7 Å². The predicted molar refractivity (Wildman–Crippen MR) is 151 cm³/mol. The molecule has 0 aromatic heterocycles. The van der Waals surface area contributed by atoms with E-state index in [1.165, 1.54) is 6.07 Å². The molecule has 10 nitrogen and oxygen atoms in total. The van der Waals surface area contributed by atoms with E-state index < -0.39 is 33.6 Å². The van der Waals surface area contributed by atoms with Gasteiger partial charge in [-0.15, -0.1) is 0 Å². The summed E-state index contributed by atoms with van der Waals surface area (Å²) in [6, 6.07) is 10.7. The molecule has 2 aromatic carbocycles. The normalized spacial score (nSPS) is 24.4. The van der Waals surface area contributed by atoms with E-state index in [2.05, 4.69) is 10.6 Å². The van der Waals surface area contributed by atoms with Gasteiger partial charge in [-0.05, 0) is 54.7 Å². The van der Waals surface area contributed by atoms with Gasteiger partial charge in [0, 0.05) is 48.7 Å². The number of halogens is 1. The zero-order chi connectivity index (χ0) is 28.7. The highest BCUT2D eigenvalue weighted by atomic mass is 35.5. The molecule has 12 heteroatoms. The summed E-state index contributed by atoms with van der Waals surface area (Å²) in [6.07, 6.45) is 0.414. The first kappa shape index (κ1) is 28.7. The molecular formula is C28H35ClN4O6S. The summed E-state index contributed by atoms with van der Waals surface area (Å²) >= 11 is 6.04. The van der Waals surface area contributed by atoms with Crippen molar-refractivity contribution in [2.75, 3.05) is 31.6 Å². The van der Waals surface area contributed by atoms with Crippen LogP contribution < -0.4 is 15.4 Å². The number of aliphatic hydroxyl groups excluding tert-OH is 1. The van der Waals surface area contributed by atoms with Crippen LogP contribution in [-0.4, -0.2) is 78.6 Å². The Morgan fingerprint density at radius 1 is 1.18 bits per heavy atom. The first-order chi connectivity index (χ1) is 19.0. The summed E-state index contributed by atoms with van der Waals surface area (Å²) in [5.74, 6) is -0.0403. The number of amides is 3. The number of aliphatic hydroxyl groups is 1. The minimum Gasteiger partial charge on any atom is -0.492 e. The number of carbonyl (C=O) groups is 2. The first-order valence-corrected chi connectivity index (χ1v) is 15.4. The SMILES string of the molecule is CC(C)c1ccc2c(c1)OCCC1(CCN(C(=O)Nc3cccc(Cl)c3)CC1)NC(=O)[C@@H]1C[C@@H](O)CN1S2(=O)=O. The van der Waals surface area contributed by atoms with Crippen LogP contribution in [0, 0.1) is 0 Å². The van der Waals surface area contributed by atoms with Crippen LogP contribution in [0.5, 0.6) is 5.75 Å². The minimum atomic E-state index is -4.12. The summed E-state index contributed by atoms with van der Waals surface area (Å²) in [5, 5.41) is 16.9. The number of piperidine rings is 1. The van der Waals surface area contributed by atoms with Crippen LogP contribution in [0.15, 0.2) is 47.4 Å². The van der Waals surface area contributed by atoms with Crippen molar-refractivity contribution < 1.29 is 27.9 Å². The fourth-order valence-corrected chi connectivity index (χ4v) is 7.61. The number of likely N-dealkylation sites (tertiary alicyclic amines) is 1. The molecule has 40 heavy (non-hydrogen) atoms. The Kier molecular flexibility index (Phi) is 8.02. The van der Waals surface area contributed by atoms with Crippen LogP contribution in [0.4, 0.5) is 10.5 Å². The highest BCUT2D eigenvalue weighted by Gasteiger charge is 2.47. The zero-order valence-electron chi connectivity index (χ0n) is 22.6. The van der Waals surface area contributed by atoms with Crippen molar-refractivity contribution in [1.29, 1.82) is 0 Å². The zero-order valence-corrected chi connectivity index (χ0v) is 24.2. The molecule has 0 radical (unpaired) electrons. The second-order valence-corrected chi connectivity index (χ2v) is 13.4. The maximum atomic E-state index is 13.8. The highest BCUT2D eigenvalue weighted by Crippen LogP contribution is 2.36. The minimum absolute atomic E-state index is 0.00717. The molecule has 5 rings (SSSR count). The molecule has 2 aromatic rings. The molecule has 2 atom stereocenters. The lowest BCUT2D eigenvalue weighted by Crippen LogP contribution is -2.60. The molecule has 216 valence electrons. The lowest BCUT2D eigenvalue weighted by Gasteiger charge is -2.43. The van der Waals surface area contributed by atoms with Crippen molar-refractivity contribution >= 4 is 39.2 Å². The molecule has 3 aliphatic heterocycles. The number of urea groups is 1. The number of nitrogens with one attached hydrogen (secondary N) is 2. The molecular weight excluding hydrogens is 556 g/mol. The van der Waals surface area contributed by atoms with Crippen molar-refractivity contribution in [3.8, 4) is 5.75 Å². The lowest BCUT2D eigenvalue weighted by molar-refractivity contribution is -0.127. The summed E-state index contributed by atoms with van der Waals surface area (Å²) in [5.41, 5.74) is 0.826. The molecule has 0 saturated carbocycles. The lowest BCUT2D eigenvalue weighted by atomic mass is 9.84. The Balaban J connectivity index is 1.40. The van der Waals surface area contributed by atoms with E-state index in [0.29, 0.717) is 43.1 Å². The van der Waals surface area contributed by atoms with Gasteiger partial charge in [0.2, 0.25) is 15.9 Å². The smallest absolute Gasteiger partial charge is 0.321 e. The summed E-state index contributed by atoms with van der Waals surface area (Å²) in [4.78, 5) is 28.2. The second kappa shape index (κ2) is 11.2. The van der Waals surface area contributed by atoms with Gasteiger partial charge in [-0.3, -0.25) is 4.79 Å². The maximum Gasteiger partial charge on any atom is 0.321 e. The van der Waals surface area contributed by atoms with Crippen molar-refractivity contribution in [2.45, 2.75) is 68.0 Å². The molecule has 3 aliphatic rings. The maximum absolute atomic E-state index is 13.8. The van der Waals surface area contributed by atoms with E-state index in [9.17, 15) is 23.1 Å². The molecule has 1 spiro atoms. The molecule has 2 saturated heterocycles. The van der Waals surface area contributed by atoms with Crippen LogP contribution in [0.3, 0.4) is 0 Å². The fraction of sp³-hybridized carbons (Fsp3) is 0.500. The number of rotatable bonds is 2. The van der Waals surface area contributed by atoms with E-state index in [0.717, 1.165) is 9.87 Å². The third kappa shape index (κ3) is 5.79. The standard InChI is InChI=1S/C28H35ClN4O6S/c1-18(2)19-6-7-25-24(14-19)39-13-10-28(31-26(35)23-16-22(34)17-33(23)40(25,37)38)8-11-32(12-9-28)27(36)30-21-5-3-4-20(29)15-21/h3-7,14-15,18,22-23,34H,8-13,16-17H2,1-2H3,(H,30,36)(H,31,35)/t22-,23+/m1/s1. The van der Waals surface area contributed by atoms with Gasteiger partial charge >= 0.3 is 6.03 Å². The first-order valence-electron chi connectivity index (χ1n) is 13.6. The number of benzene rings is 2. The van der Waals surface area contributed by atoms with Crippen LogP contribution in [0.25, 0.3) is 0 Å². The average Bonchev–Trinajstić information content (AvgIpc) is 3.31. The van der Waals surface area contributed by atoms with Crippen LogP contribution >= 0.6 is 11.6 Å². The number of fused-ring (bicyclic) bond motifs is 2. The van der Waals surface area contributed by atoms with E-state index in [1.807, 2.05) is 13.8 Å². The molecule has 3 N–H and O–H groups in total. The van der Waals surface area contributed by atoms with Gasteiger partial charge in [-0.25, -0.2) is 13.2 Å². The van der Waals surface area contributed by atoms with Crippen LogP contribution in [0.2, 0.25) is 5.02 Å². The van der Waals surface area contributed by atoms with Gasteiger partial charge in [0.25, 0.3) is 0 Å². The van der Waals surface area contributed by atoms with Crippen molar-refractivity contribution in [3.05, 3.63) is 53.1 Å². The van der Waals surface area contributed by atoms with E-state index in [1.54, 1.807) is 41.3 Å². The molecule has 2 fully saturated rings. The average molecular weight is 591 g/mol. The Morgan fingerprint density at radius 3 is 2.62 bits per heavy atom. The number of sulfonamides is 1. The number of hydrogen-bond donors (Lipinski definition) is 3. The third-order valence-corrected chi connectivity index (χ3v) is 10.2. The number of anilines is 1.